The third kappa shape index (κ3) is 3.00. The van der Waals surface area contributed by atoms with Crippen molar-refractivity contribution >= 4 is 22.4 Å². The Morgan fingerprint density at radius 2 is 2.56 bits per heavy atom. The van der Waals surface area contributed by atoms with Gasteiger partial charge in [0.05, 0.1) is 12.8 Å². The second kappa shape index (κ2) is 6.15. The van der Waals surface area contributed by atoms with E-state index in [1.54, 1.807) is 13.1 Å². The molecule has 100 valence electrons. The van der Waals surface area contributed by atoms with Crippen molar-refractivity contribution in [2.24, 2.45) is 5.92 Å². The number of anilines is 1. The van der Waals surface area contributed by atoms with Gasteiger partial charge in [0.2, 0.25) is 0 Å². The van der Waals surface area contributed by atoms with E-state index in [1.165, 1.54) is 11.3 Å². The number of aliphatic hydroxyl groups is 1. The van der Waals surface area contributed by atoms with Gasteiger partial charge >= 0.3 is 5.97 Å². The van der Waals surface area contributed by atoms with Crippen LogP contribution < -0.4 is 4.90 Å². The molecule has 0 aliphatic carbocycles. The monoisotopic (exact) mass is 270 g/mol. The zero-order valence-electron chi connectivity index (χ0n) is 10.5. The van der Waals surface area contributed by atoms with Gasteiger partial charge in [-0.15, -0.1) is 0 Å². The van der Waals surface area contributed by atoms with E-state index in [2.05, 4.69) is 9.88 Å². The van der Waals surface area contributed by atoms with E-state index in [0.29, 0.717) is 17.4 Å². The third-order valence-electron chi connectivity index (χ3n) is 3.02. The molecular weight excluding hydrogens is 252 g/mol. The third-order valence-corrected chi connectivity index (χ3v) is 4.06. The first-order valence-corrected chi connectivity index (χ1v) is 7.05. The van der Waals surface area contributed by atoms with Gasteiger partial charge in [0.15, 0.2) is 5.13 Å². The molecule has 1 aromatic rings. The predicted molar refractivity (Wildman–Crippen MR) is 70.1 cm³/mol. The molecule has 0 spiro atoms. The van der Waals surface area contributed by atoms with Crippen molar-refractivity contribution in [2.45, 2.75) is 19.8 Å². The fourth-order valence-electron chi connectivity index (χ4n) is 2.10. The van der Waals surface area contributed by atoms with E-state index in [-0.39, 0.29) is 12.6 Å². The van der Waals surface area contributed by atoms with Gasteiger partial charge in [-0.3, -0.25) is 0 Å². The van der Waals surface area contributed by atoms with Crippen molar-refractivity contribution in [2.75, 3.05) is 31.2 Å². The van der Waals surface area contributed by atoms with Gasteiger partial charge in [-0.25, -0.2) is 9.78 Å². The number of hydrogen-bond acceptors (Lipinski definition) is 6. The Morgan fingerprint density at radius 3 is 3.28 bits per heavy atom. The van der Waals surface area contributed by atoms with Crippen molar-refractivity contribution in [1.82, 2.24) is 4.98 Å². The smallest absolute Gasteiger partial charge is 0.350 e. The van der Waals surface area contributed by atoms with Crippen molar-refractivity contribution in [3.8, 4) is 0 Å². The molecule has 1 atom stereocenters. The lowest BCUT2D eigenvalue weighted by Crippen LogP contribution is -2.36. The summed E-state index contributed by atoms with van der Waals surface area (Å²) in [5.41, 5.74) is 0. The summed E-state index contributed by atoms with van der Waals surface area (Å²) in [5.74, 6) is 0.00524. The van der Waals surface area contributed by atoms with E-state index in [4.69, 9.17) is 4.74 Å². The lowest BCUT2D eigenvalue weighted by atomic mass is 10.00. The van der Waals surface area contributed by atoms with E-state index in [0.717, 1.165) is 31.1 Å². The number of thiazole rings is 1. The summed E-state index contributed by atoms with van der Waals surface area (Å²) >= 11 is 1.36. The Balaban J connectivity index is 2.03. The number of nitrogens with zero attached hydrogens (tertiary/aromatic N) is 2. The van der Waals surface area contributed by atoms with Crippen LogP contribution in [0.5, 0.6) is 0 Å². The second-order valence-electron chi connectivity index (χ2n) is 4.36. The minimum Gasteiger partial charge on any atom is -0.462 e. The highest BCUT2D eigenvalue weighted by Gasteiger charge is 2.22. The number of aliphatic hydroxyl groups excluding tert-OH is 1. The molecule has 2 heterocycles. The highest BCUT2D eigenvalue weighted by Crippen LogP contribution is 2.27. The number of carbonyl (C=O) groups is 1. The summed E-state index contributed by atoms with van der Waals surface area (Å²) in [5, 5.41) is 10.0. The van der Waals surface area contributed by atoms with E-state index in [1.807, 2.05) is 0 Å². The van der Waals surface area contributed by atoms with Gasteiger partial charge in [0.1, 0.15) is 4.88 Å². The summed E-state index contributed by atoms with van der Waals surface area (Å²) in [6.07, 6.45) is 3.68. The van der Waals surface area contributed by atoms with Crippen molar-refractivity contribution < 1.29 is 14.6 Å². The van der Waals surface area contributed by atoms with E-state index < -0.39 is 0 Å². The maximum atomic E-state index is 11.6. The molecule has 0 radical (unpaired) electrons. The molecule has 5 nitrogen and oxygen atoms in total. The second-order valence-corrected chi connectivity index (χ2v) is 5.37. The first-order valence-electron chi connectivity index (χ1n) is 6.23. The molecule has 6 heteroatoms. The Bertz CT molecular complexity index is 408. The molecule has 1 fully saturated rings. The Kier molecular flexibility index (Phi) is 4.54. The molecule has 1 N–H and O–H groups in total. The highest BCUT2D eigenvalue weighted by molar-refractivity contribution is 7.17. The number of carbonyl (C=O) groups excluding carboxylic acids is 1. The lowest BCUT2D eigenvalue weighted by molar-refractivity contribution is 0.0532. The average Bonchev–Trinajstić information content (AvgIpc) is 2.89. The van der Waals surface area contributed by atoms with Gasteiger partial charge in [0, 0.05) is 19.7 Å². The molecule has 0 bridgehead atoms. The van der Waals surface area contributed by atoms with Gasteiger partial charge in [-0.1, -0.05) is 11.3 Å². The van der Waals surface area contributed by atoms with Crippen LogP contribution in [0.3, 0.4) is 0 Å². The van der Waals surface area contributed by atoms with Crippen LogP contribution >= 0.6 is 11.3 Å². The summed E-state index contributed by atoms with van der Waals surface area (Å²) in [6, 6.07) is 0. The largest absolute Gasteiger partial charge is 0.462 e. The first kappa shape index (κ1) is 13.3. The summed E-state index contributed by atoms with van der Waals surface area (Å²) < 4.78 is 4.94. The van der Waals surface area contributed by atoms with Crippen LogP contribution in [0.4, 0.5) is 5.13 Å². The lowest BCUT2D eigenvalue weighted by Gasteiger charge is -2.31. The maximum Gasteiger partial charge on any atom is 0.350 e. The quantitative estimate of drug-likeness (QED) is 0.841. The van der Waals surface area contributed by atoms with Crippen LogP contribution in [0.15, 0.2) is 6.20 Å². The van der Waals surface area contributed by atoms with Crippen LogP contribution in [-0.4, -0.2) is 42.4 Å². The number of ether oxygens (including phenoxy) is 1. The molecule has 0 amide bonds. The van der Waals surface area contributed by atoms with Crippen LogP contribution in [0, 0.1) is 5.92 Å². The van der Waals surface area contributed by atoms with Crippen LogP contribution in [0.2, 0.25) is 0 Å². The first-order chi connectivity index (χ1) is 8.74. The molecular formula is C12H18N2O3S. The molecule has 1 unspecified atom stereocenters. The van der Waals surface area contributed by atoms with Crippen molar-refractivity contribution in [3.63, 3.8) is 0 Å². The van der Waals surface area contributed by atoms with Crippen molar-refractivity contribution in [3.05, 3.63) is 11.1 Å². The Hall–Kier alpha value is -1.14. The molecule has 18 heavy (non-hydrogen) atoms. The van der Waals surface area contributed by atoms with Crippen LogP contribution in [0.1, 0.15) is 29.4 Å². The molecule has 1 aliphatic heterocycles. The highest BCUT2D eigenvalue weighted by atomic mass is 32.1. The van der Waals surface area contributed by atoms with Crippen molar-refractivity contribution in [1.29, 1.82) is 0 Å². The number of aromatic nitrogens is 1. The Labute approximate surface area is 110 Å². The fraction of sp³-hybridized carbons (Fsp3) is 0.667. The van der Waals surface area contributed by atoms with E-state index in [9.17, 15) is 9.90 Å². The van der Waals surface area contributed by atoms with Gasteiger partial charge < -0.3 is 14.7 Å². The minimum atomic E-state index is -0.308. The normalized spacial score (nSPS) is 19.9. The van der Waals surface area contributed by atoms with Gasteiger partial charge in [0.25, 0.3) is 0 Å². The molecule has 2 rings (SSSR count). The van der Waals surface area contributed by atoms with Gasteiger partial charge in [-0.05, 0) is 25.7 Å². The zero-order chi connectivity index (χ0) is 13.0. The Morgan fingerprint density at radius 1 is 1.72 bits per heavy atom. The van der Waals surface area contributed by atoms with E-state index >= 15 is 0 Å². The SMILES string of the molecule is CCOC(=O)c1cnc(N2CCCC(CO)C2)s1. The molecule has 0 saturated carbocycles. The van der Waals surface area contributed by atoms with Crippen LogP contribution in [0.25, 0.3) is 0 Å². The summed E-state index contributed by atoms with van der Waals surface area (Å²) in [6.45, 7) is 4.13. The predicted octanol–water partition coefficient (Wildman–Crippen LogP) is 1.53. The zero-order valence-corrected chi connectivity index (χ0v) is 11.3. The molecule has 1 saturated heterocycles. The molecule has 0 aromatic carbocycles. The summed E-state index contributed by atoms with van der Waals surface area (Å²) in [7, 11) is 0. The fourth-order valence-corrected chi connectivity index (χ4v) is 2.94. The topological polar surface area (TPSA) is 62.7 Å². The van der Waals surface area contributed by atoms with Crippen LogP contribution in [-0.2, 0) is 4.74 Å². The number of hydrogen-bond donors (Lipinski definition) is 1. The number of piperidine rings is 1. The van der Waals surface area contributed by atoms with Gasteiger partial charge in [-0.2, -0.15) is 0 Å². The minimum absolute atomic E-state index is 0.215. The molecule has 1 aliphatic rings. The average molecular weight is 270 g/mol. The maximum absolute atomic E-state index is 11.6. The molecule has 1 aromatic heterocycles. The number of esters is 1. The summed E-state index contributed by atoms with van der Waals surface area (Å²) in [4.78, 5) is 18.5. The standard InChI is InChI=1S/C12H18N2O3S/c1-2-17-11(16)10-6-13-12(18-10)14-5-3-4-9(7-14)8-15/h6,9,15H,2-5,7-8H2,1H3. The number of rotatable bonds is 4.